The number of unbranched alkanes of at least 4 members (excludes halogenated alkanes) is 40. The SMILES string of the molecule is CCCC/C=C\C/C=C\CCCCCCCC(=O)OCC(COC(=O)CCCCCCCCCCCCCCCCCCCCCCCCCCC)OC(=O)CCCCCCC/C=C\C/C=C\CCCCCC. The van der Waals surface area contributed by atoms with E-state index < -0.39 is 6.10 Å². The molecular weight excluding hydrogens is 901 g/mol. The van der Waals surface area contributed by atoms with Gasteiger partial charge in [-0.25, -0.2) is 0 Å². The zero-order valence-electron chi connectivity index (χ0n) is 48.9. The summed E-state index contributed by atoms with van der Waals surface area (Å²) >= 11 is 0. The first-order chi connectivity index (χ1) is 36.0. The lowest BCUT2D eigenvalue weighted by Gasteiger charge is -2.18. The fraction of sp³-hybridized carbons (Fsp3) is 0.836. The molecule has 0 saturated heterocycles. The van der Waals surface area contributed by atoms with Gasteiger partial charge in [0.15, 0.2) is 6.10 Å². The molecule has 0 aromatic rings. The molecule has 73 heavy (non-hydrogen) atoms. The number of hydrogen-bond donors (Lipinski definition) is 0. The monoisotopic (exact) mass is 1020 g/mol. The molecule has 0 bridgehead atoms. The summed E-state index contributed by atoms with van der Waals surface area (Å²) in [4.78, 5) is 38.3. The van der Waals surface area contributed by atoms with Crippen molar-refractivity contribution in [3.8, 4) is 0 Å². The molecule has 6 nitrogen and oxygen atoms in total. The van der Waals surface area contributed by atoms with Gasteiger partial charge in [-0.05, 0) is 77.0 Å². The molecule has 0 aromatic carbocycles. The molecule has 1 unspecified atom stereocenters. The quantitative estimate of drug-likeness (QED) is 0.0261. The minimum atomic E-state index is -0.785. The number of allylic oxidation sites excluding steroid dienone is 8. The molecular formula is C67H122O6. The van der Waals surface area contributed by atoms with Crippen LogP contribution >= 0.6 is 0 Å². The third kappa shape index (κ3) is 60.1. The van der Waals surface area contributed by atoms with Crippen molar-refractivity contribution >= 4 is 17.9 Å². The van der Waals surface area contributed by atoms with Crippen LogP contribution in [0.25, 0.3) is 0 Å². The van der Waals surface area contributed by atoms with E-state index in [2.05, 4.69) is 69.4 Å². The van der Waals surface area contributed by atoms with E-state index in [1.165, 1.54) is 199 Å². The molecule has 1 atom stereocenters. The summed E-state index contributed by atoms with van der Waals surface area (Å²) in [5.74, 6) is -0.890. The first-order valence-corrected chi connectivity index (χ1v) is 32.1. The molecule has 6 heteroatoms. The van der Waals surface area contributed by atoms with E-state index in [4.69, 9.17) is 14.2 Å². The summed E-state index contributed by atoms with van der Waals surface area (Å²) < 4.78 is 16.9. The number of ether oxygens (including phenoxy) is 3. The van der Waals surface area contributed by atoms with Crippen molar-refractivity contribution in [3.05, 3.63) is 48.6 Å². The second-order valence-corrected chi connectivity index (χ2v) is 21.7. The second-order valence-electron chi connectivity index (χ2n) is 21.7. The summed E-state index contributed by atoms with van der Waals surface area (Å²) in [5, 5.41) is 0. The van der Waals surface area contributed by atoms with Crippen LogP contribution in [0.1, 0.15) is 342 Å². The van der Waals surface area contributed by atoms with E-state index in [0.29, 0.717) is 19.3 Å². The first-order valence-electron chi connectivity index (χ1n) is 32.1. The Morgan fingerprint density at radius 1 is 0.274 bits per heavy atom. The molecule has 0 aliphatic rings. The highest BCUT2D eigenvalue weighted by atomic mass is 16.6. The fourth-order valence-corrected chi connectivity index (χ4v) is 9.43. The lowest BCUT2D eigenvalue weighted by atomic mass is 10.0. The van der Waals surface area contributed by atoms with Crippen molar-refractivity contribution in [3.63, 3.8) is 0 Å². The molecule has 0 aliphatic carbocycles. The lowest BCUT2D eigenvalue weighted by molar-refractivity contribution is -0.167. The van der Waals surface area contributed by atoms with E-state index >= 15 is 0 Å². The smallest absolute Gasteiger partial charge is 0.306 e. The van der Waals surface area contributed by atoms with Crippen molar-refractivity contribution < 1.29 is 28.6 Å². The van der Waals surface area contributed by atoms with Gasteiger partial charge in [-0.3, -0.25) is 14.4 Å². The molecule has 426 valence electrons. The van der Waals surface area contributed by atoms with Crippen LogP contribution in [0.2, 0.25) is 0 Å². The van der Waals surface area contributed by atoms with Crippen LogP contribution < -0.4 is 0 Å². The maximum absolute atomic E-state index is 12.9. The molecule has 0 fully saturated rings. The number of rotatable bonds is 59. The predicted molar refractivity (Wildman–Crippen MR) is 316 cm³/mol. The summed E-state index contributed by atoms with van der Waals surface area (Å²) in [6.45, 7) is 6.61. The van der Waals surface area contributed by atoms with Gasteiger partial charge in [0.25, 0.3) is 0 Å². The highest BCUT2D eigenvalue weighted by Crippen LogP contribution is 2.17. The minimum Gasteiger partial charge on any atom is -0.462 e. The van der Waals surface area contributed by atoms with Gasteiger partial charge in [0.2, 0.25) is 0 Å². The normalized spacial score (nSPS) is 12.3. The number of hydrogen-bond acceptors (Lipinski definition) is 6. The van der Waals surface area contributed by atoms with E-state index in [1.54, 1.807) is 0 Å². The van der Waals surface area contributed by atoms with Gasteiger partial charge in [-0.1, -0.05) is 294 Å². The van der Waals surface area contributed by atoms with Gasteiger partial charge < -0.3 is 14.2 Å². The van der Waals surface area contributed by atoms with E-state index in [0.717, 1.165) is 103 Å². The number of carbonyl (C=O) groups is 3. The Hall–Kier alpha value is -2.63. The van der Waals surface area contributed by atoms with Gasteiger partial charge in [-0.2, -0.15) is 0 Å². The van der Waals surface area contributed by atoms with Crippen LogP contribution in [0.3, 0.4) is 0 Å². The average molecular weight is 1020 g/mol. The van der Waals surface area contributed by atoms with Gasteiger partial charge >= 0.3 is 17.9 Å². The predicted octanol–water partition coefficient (Wildman–Crippen LogP) is 21.8. The van der Waals surface area contributed by atoms with Crippen molar-refractivity contribution in [2.75, 3.05) is 13.2 Å². The van der Waals surface area contributed by atoms with Crippen molar-refractivity contribution in [1.29, 1.82) is 0 Å². The maximum Gasteiger partial charge on any atom is 0.306 e. The van der Waals surface area contributed by atoms with Gasteiger partial charge in [-0.15, -0.1) is 0 Å². The van der Waals surface area contributed by atoms with E-state index in [1.807, 2.05) is 0 Å². The Kier molecular flexibility index (Phi) is 59.7. The largest absolute Gasteiger partial charge is 0.462 e. The van der Waals surface area contributed by atoms with E-state index in [-0.39, 0.29) is 31.1 Å². The van der Waals surface area contributed by atoms with Gasteiger partial charge in [0, 0.05) is 19.3 Å². The fourth-order valence-electron chi connectivity index (χ4n) is 9.43. The number of carbonyl (C=O) groups excluding carboxylic acids is 3. The molecule has 0 N–H and O–H groups in total. The average Bonchev–Trinajstić information content (AvgIpc) is 3.39. The standard InChI is InChI=1S/C67H122O6/c1-4-7-10-13-16-19-22-25-28-30-31-32-33-34-35-36-37-38-40-42-45-48-51-54-57-60-66(69)72-63-64(62-71-65(68)59-56-53-50-47-44-41-27-24-21-18-15-12-9-6-3)73-67(70)61-58-55-52-49-46-43-39-29-26-23-20-17-14-11-8-5-2/h15,18,20,23-24,27,29,39,64H,4-14,16-17,19,21-22,25-26,28,30-38,40-63H2,1-3H3/b18-15-,23-20-,27-24-,39-29-. The Labute approximate surface area is 454 Å². The molecule has 0 aromatic heterocycles. The van der Waals surface area contributed by atoms with Crippen LogP contribution in [0.15, 0.2) is 48.6 Å². The maximum atomic E-state index is 12.9. The third-order valence-electron chi connectivity index (χ3n) is 14.3. The zero-order chi connectivity index (χ0) is 52.9. The highest BCUT2D eigenvalue weighted by molar-refractivity contribution is 5.71. The zero-order valence-corrected chi connectivity index (χ0v) is 48.9. The summed E-state index contributed by atoms with van der Waals surface area (Å²) in [6, 6.07) is 0. The first kappa shape index (κ1) is 70.4. The molecule has 0 amide bonds. The Morgan fingerprint density at radius 3 is 0.808 bits per heavy atom. The Bertz CT molecular complexity index is 1270. The van der Waals surface area contributed by atoms with Crippen molar-refractivity contribution in [1.82, 2.24) is 0 Å². The van der Waals surface area contributed by atoms with Gasteiger partial charge in [0.05, 0.1) is 0 Å². The van der Waals surface area contributed by atoms with Gasteiger partial charge in [0.1, 0.15) is 13.2 Å². The van der Waals surface area contributed by atoms with Crippen LogP contribution in [-0.2, 0) is 28.6 Å². The van der Waals surface area contributed by atoms with E-state index in [9.17, 15) is 14.4 Å². The Morgan fingerprint density at radius 2 is 0.507 bits per heavy atom. The molecule has 0 saturated carbocycles. The highest BCUT2D eigenvalue weighted by Gasteiger charge is 2.19. The second kappa shape index (κ2) is 61.9. The molecule has 0 heterocycles. The van der Waals surface area contributed by atoms with Crippen molar-refractivity contribution in [2.45, 2.75) is 348 Å². The molecule has 0 rings (SSSR count). The van der Waals surface area contributed by atoms with Crippen LogP contribution in [0, 0.1) is 0 Å². The molecule has 0 radical (unpaired) electrons. The van der Waals surface area contributed by atoms with Crippen LogP contribution in [-0.4, -0.2) is 37.2 Å². The van der Waals surface area contributed by atoms with Crippen LogP contribution in [0.5, 0.6) is 0 Å². The third-order valence-corrected chi connectivity index (χ3v) is 14.3. The minimum absolute atomic E-state index is 0.0802. The van der Waals surface area contributed by atoms with Crippen molar-refractivity contribution in [2.24, 2.45) is 0 Å². The molecule has 0 aliphatic heterocycles. The Balaban J connectivity index is 4.26. The number of esters is 3. The topological polar surface area (TPSA) is 78.9 Å². The lowest BCUT2D eigenvalue weighted by Crippen LogP contribution is -2.30. The summed E-state index contributed by atoms with van der Waals surface area (Å²) in [5.41, 5.74) is 0. The summed E-state index contributed by atoms with van der Waals surface area (Å²) in [6.07, 6.45) is 77.0. The summed E-state index contributed by atoms with van der Waals surface area (Å²) in [7, 11) is 0. The van der Waals surface area contributed by atoms with Crippen LogP contribution in [0.4, 0.5) is 0 Å². The molecule has 0 spiro atoms.